The number of nitrogens with one attached hydrogen (secondary N) is 1. The van der Waals surface area contributed by atoms with E-state index in [0.717, 1.165) is 25.1 Å². The van der Waals surface area contributed by atoms with Gasteiger partial charge >= 0.3 is 0 Å². The van der Waals surface area contributed by atoms with E-state index in [9.17, 15) is 9.59 Å². The van der Waals surface area contributed by atoms with E-state index in [1.54, 1.807) is 4.90 Å². The minimum absolute atomic E-state index is 0.0253. The van der Waals surface area contributed by atoms with Gasteiger partial charge in [-0.25, -0.2) is 0 Å². The Morgan fingerprint density at radius 3 is 2.72 bits per heavy atom. The zero-order chi connectivity index (χ0) is 20.1. The number of ether oxygens (including phenoxy) is 2. The minimum atomic E-state index is -0.0733. The smallest absolute Gasteiger partial charge is 0.274 e. The highest BCUT2D eigenvalue weighted by Crippen LogP contribution is 2.26. The molecule has 154 valence electrons. The molecule has 8 nitrogen and oxygen atoms in total. The molecule has 2 saturated heterocycles. The lowest BCUT2D eigenvalue weighted by Crippen LogP contribution is -2.41. The molecule has 29 heavy (non-hydrogen) atoms. The van der Waals surface area contributed by atoms with E-state index in [0.29, 0.717) is 44.3 Å². The number of amides is 2. The maximum absolute atomic E-state index is 12.6. The van der Waals surface area contributed by atoms with Crippen LogP contribution in [0.2, 0.25) is 0 Å². The molecule has 1 atom stereocenters. The normalized spacial score (nSPS) is 19.8. The Bertz CT molecular complexity index is 832. The van der Waals surface area contributed by atoms with Crippen LogP contribution in [-0.2, 0) is 9.53 Å². The van der Waals surface area contributed by atoms with Gasteiger partial charge in [0.2, 0.25) is 0 Å². The van der Waals surface area contributed by atoms with E-state index in [1.807, 2.05) is 41.3 Å². The van der Waals surface area contributed by atoms with Crippen molar-refractivity contribution in [3.8, 4) is 5.75 Å². The lowest BCUT2D eigenvalue weighted by Gasteiger charge is -2.32. The Labute approximate surface area is 169 Å². The Kier molecular flexibility index (Phi) is 6.09. The molecule has 2 amide bonds. The molecule has 0 spiro atoms. The quantitative estimate of drug-likeness (QED) is 0.828. The monoisotopic (exact) mass is 398 g/mol. The molecular weight excluding hydrogens is 372 g/mol. The predicted molar refractivity (Wildman–Crippen MR) is 106 cm³/mol. The molecule has 2 aliphatic heterocycles. The van der Waals surface area contributed by atoms with Crippen molar-refractivity contribution < 1.29 is 19.1 Å². The number of carbonyl (C=O) groups is 2. The molecule has 3 heterocycles. The number of carbonyl (C=O) groups excluding carboxylic acids is 2. The van der Waals surface area contributed by atoms with E-state index < -0.39 is 0 Å². The predicted octanol–water partition coefficient (Wildman–Crippen LogP) is 1.67. The lowest BCUT2D eigenvalue weighted by molar-refractivity contribution is -0.134. The summed E-state index contributed by atoms with van der Waals surface area (Å²) in [6.45, 7) is 3.66. The Hall–Kier alpha value is -2.87. The second kappa shape index (κ2) is 9.09. The van der Waals surface area contributed by atoms with Gasteiger partial charge in [-0.15, -0.1) is 0 Å². The molecule has 0 bridgehead atoms. The molecule has 2 aromatic rings. The highest BCUT2D eigenvalue weighted by molar-refractivity contribution is 5.92. The number of likely N-dealkylation sites (tertiary alicyclic amines) is 1. The van der Waals surface area contributed by atoms with Crippen LogP contribution < -0.4 is 4.74 Å². The fourth-order valence-corrected chi connectivity index (χ4v) is 3.79. The van der Waals surface area contributed by atoms with E-state index in [-0.39, 0.29) is 24.3 Å². The number of para-hydroxylation sites is 1. The van der Waals surface area contributed by atoms with Crippen molar-refractivity contribution in [2.24, 2.45) is 0 Å². The van der Waals surface area contributed by atoms with Gasteiger partial charge in [0.1, 0.15) is 11.4 Å². The molecule has 0 radical (unpaired) electrons. The zero-order valence-electron chi connectivity index (χ0n) is 16.4. The number of hydrogen-bond donors (Lipinski definition) is 1. The van der Waals surface area contributed by atoms with Gasteiger partial charge in [0.05, 0.1) is 13.2 Å². The summed E-state index contributed by atoms with van der Waals surface area (Å²) in [6, 6.07) is 11.2. The van der Waals surface area contributed by atoms with Gasteiger partial charge < -0.3 is 19.3 Å². The van der Waals surface area contributed by atoms with Crippen molar-refractivity contribution in [3.63, 3.8) is 0 Å². The highest BCUT2D eigenvalue weighted by Gasteiger charge is 2.28. The van der Waals surface area contributed by atoms with Crippen LogP contribution in [0.5, 0.6) is 5.75 Å². The van der Waals surface area contributed by atoms with Gasteiger partial charge in [0.25, 0.3) is 11.8 Å². The number of morpholine rings is 1. The van der Waals surface area contributed by atoms with Crippen molar-refractivity contribution in [1.82, 2.24) is 20.0 Å². The van der Waals surface area contributed by atoms with E-state index in [2.05, 4.69) is 10.2 Å². The summed E-state index contributed by atoms with van der Waals surface area (Å²) in [7, 11) is 0. The number of nitrogens with zero attached hydrogens (tertiary/aromatic N) is 3. The summed E-state index contributed by atoms with van der Waals surface area (Å²) in [4.78, 5) is 28.8. The molecule has 2 fully saturated rings. The standard InChI is InChI=1S/C21H26N4O4/c26-20(15-29-17-6-2-1-3-7-17)25-8-4-5-16(14-25)18-13-19(23-22-18)21(27)24-9-11-28-12-10-24/h1-3,6-7,13,16H,4-5,8-12,14-15H2,(H,22,23). The minimum Gasteiger partial charge on any atom is -0.484 e. The van der Waals surface area contributed by atoms with Crippen LogP contribution in [0, 0.1) is 0 Å². The van der Waals surface area contributed by atoms with Crippen LogP contribution in [0.25, 0.3) is 0 Å². The molecule has 2 aliphatic rings. The Morgan fingerprint density at radius 1 is 1.14 bits per heavy atom. The van der Waals surface area contributed by atoms with Crippen molar-refractivity contribution in [2.75, 3.05) is 46.0 Å². The van der Waals surface area contributed by atoms with Crippen LogP contribution >= 0.6 is 0 Å². The molecule has 4 rings (SSSR count). The third-order valence-corrected chi connectivity index (χ3v) is 5.43. The van der Waals surface area contributed by atoms with Crippen LogP contribution in [0.3, 0.4) is 0 Å². The van der Waals surface area contributed by atoms with Crippen LogP contribution in [0.1, 0.15) is 34.9 Å². The fraction of sp³-hybridized carbons (Fsp3) is 0.476. The number of aromatic amines is 1. The average molecular weight is 398 g/mol. The first-order valence-corrected chi connectivity index (χ1v) is 10.1. The second-order valence-corrected chi connectivity index (χ2v) is 7.39. The molecular formula is C21H26N4O4. The third kappa shape index (κ3) is 4.76. The summed E-state index contributed by atoms with van der Waals surface area (Å²) in [5.41, 5.74) is 1.33. The van der Waals surface area contributed by atoms with Gasteiger partial charge in [0.15, 0.2) is 6.61 Å². The first-order chi connectivity index (χ1) is 14.2. The largest absolute Gasteiger partial charge is 0.484 e. The molecule has 1 aromatic heterocycles. The van der Waals surface area contributed by atoms with Crippen LogP contribution in [0.15, 0.2) is 36.4 Å². The van der Waals surface area contributed by atoms with E-state index in [4.69, 9.17) is 9.47 Å². The summed E-state index contributed by atoms with van der Waals surface area (Å²) in [5, 5.41) is 7.24. The Morgan fingerprint density at radius 2 is 1.93 bits per heavy atom. The number of benzene rings is 1. The van der Waals surface area contributed by atoms with Gasteiger partial charge in [-0.1, -0.05) is 18.2 Å². The number of H-pyrrole nitrogens is 1. The van der Waals surface area contributed by atoms with Crippen molar-refractivity contribution in [3.05, 3.63) is 47.8 Å². The molecule has 0 saturated carbocycles. The number of hydrogen-bond acceptors (Lipinski definition) is 5. The van der Waals surface area contributed by atoms with Gasteiger partial charge in [-0.3, -0.25) is 14.7 Å². The molecule has 8 heteroatoms. The summed E-state index contributed by atoms with van der Waals surface area (Å²) in [6.07, 6.45) is 1.87. The topological polar surface area (TPSA) is 87.8 Å². The van der Waals surface area contributed by atoms with E-state index >= 15 is 0 Å². The van der Waals surface area contributed by atoms with Gasteiger partial charge in [-0.2, -0.15) is 5.10 Å². The lowest BCUT2D eigenvalue weighted by atomic mass is 9.94. The zero-order valence-corrected chi connectivity index (χ0v) is 16.4. The highest BCUT2D eigenvalue weighted by atomic mass is 16.5. The van der Waals surface area contributed by atoms with Crippen molar-refractivity contribution in [2.45, 2.75) is 18.8 Å². The second-order valence-electron chi connectivity index (χ2n) is 7.39. The molecule has 1 unspecified atom stereocenters. The first kappa shape index (κ1) is 19.4. The third-order valence-electron chi connectivity index (χ3n) is 5.43. The maximum atomic E-state index is 12.6. The average Bonchev–Trinajstić information content (AvgIpc) is 3.29. The summed E-state index contributed by atoms with van der Waals surface area (Å²) in [5.74, 6) is 0.732. The van der Waals surface area contributed by atoms with Crippen LogP contribution in [-0.4, -0.2) is 77.8 Å². The maximum Gasteiger partial charge on any atom is 0.274 e. The molecule has 0 aliphatic carbocycles. The van der Waals surface area contributed by atoms with E-state index in [1.165, 1.54) is 0 Å². The Balaban J connectivity index is 1.34. The summed E-state index contributed by atoms with van der Waals surface area (Å²) >= 11 is 0. The van der Waals surface area contributed by atoms with Crippen molar-refractivity contribution >= 4 is 11.8 Å². The number of piperidine rings is 1. The van der Waals surface area contributed by atoms with Crippen molar-refractivity contribution in [1.29, 1.82) is 0 Å². The number of rotatable bonds is 5. The van der Waals surface area contributed by atoms with Gasteiger partial charge in [0, 0.05) is 37.8 Å². The number of aromatic nitrogens is 2. The molecule has 1 N–H and O–H groups in total. The SMILES string of the molecule is O=C(COc1ccccc1)N1CCCC(c2cc(C(=O)N3CCOCC3)n[nH]2)C1. The summed E-state index contributed by atoms with van der Waals surface area (Å²) < 4.78 is 10.9. The fourth-order valence-electron chi connectivity index (χ4n) is 3.79. The first-order valence-electron chi connectivity index (χ1n) is 10.1. The van der Waals surface area contributed by atoms with Crippen LogP contribution in [0.4, 0.5) is 0 Å². The van der Waals surface area contributed by atoms with Gasteiger partial charge in [-0.05, 0) is 31.0 Å². The molecule has 1 aromatic carbocycles.